The molecular formula is C23H15FO5. The molecule has 0 saturated carbocycles. The van der Waals surface area contributed by atoms with Gasteiger partial charge in [-0.1, -0.05) is 12.1 Å². The largest absolute Gasteiger partial charge is 0.497 e. The van der Waals surface area contributed by atoms with Crippen LogP contribution in [0, 0.1) is 5.82 Å². The SMILES string of the molecule is COc1cccc(/C=C2/Oc3cc(OC(=O)c4ccc(F)cc4)ccc3C2=O)c1. The fourth-order valence-corrected chi connectivity index (χ4v) is 2.87. The number of hydrogen-bond donors (Lipinski definition) is 0. The summed E-state index contributed by atoms with van der Waals surface area (Å²) in [5.74, 6) is -0.00313. The molecule has 1 aliphatic rings. The molecule has 0 bridgehead atoms. The Hall–Kier alpha value is -3.93. The van der Waals surface area contributed by atoms with Gasteiger partial charge in [-0.15, -0.1) is 0 Å². The number of methoxy groups -OCH3 is 1. The molecule has 0 radical (unpaired) electrons. The van der Waals surface area contributed by atoms with Crippen molar-refractivity contribution in [3.05, 3.63) is 95.0 Å². The number of rotatable bonds is 4. The van der Waals surface area contributed by atoms with E-state index in [1.165, 1.54) is 42.5 Å². The Bertz CT molecular complexity index is 1130. The van der Waals surface area contributed by atoms with E-state index in [1.807, 2.05) is 12.1 Å². The van der Waals surface area contributed by atoms with Gasteiger partial charge in [-0.3, -0.25) is 4.79 Å². The second kappa shape index (κ2) is 7.59. The van der Waals surface area contributed by atoms with Gasteiger partial charge in [0.1, 0.15) is 23.1 Å². The predicted octanol–water partition coefficient (Wildman–Crippen LogP) is 4.67. The molecular weight excluding hydrogens is 375 g/mol. The van der Waals surface area contributed by atoms with Gasteiger partial charge < -0.3 is 14.2 Å². The lowest BCUT2D eigenvalue weighted by atomic mass is 10.1. The molecule has 3 aromatic carbocycles. The minimum absolute atomic E-state index is 0.162. The third-order valence-electron chi connectivity index (χ3n) is 4.32. The van der Waals surface area contributed by atoms with Crippen LogP contribution in [0.5, 0.6) is 17.2 Å². The van der Waals surface area contributed by atoms with E-state index < -0.39 is 11.8 Å². The molecule has 29 heavy (non-hydrogen) atoms. The summed E-state index contributed by atoms with van der Waals surface area (Å²) >= 11 is 0. The molecule has 5 nitrogen and oxygen atoms in total. The zero-order valence-corrected chi connectivity index (χ0v) is 15.3. The van der Waals surface area contributed by atoms with Crippen LogP contribution >= 0.6 is 0 Å². The van der Waals surface area contributed by atoms with E-state index in [-0.39, 0.29) is 22.9 Å². The Morgan fingerprint density at radius 2 is 1.79 bits per heavy atom. The summed E-state index contributed by atoms with van der Waals surface area (Å²) in [5, 5.41) is 0. The summed E-state index contributed by atoms with van der Waals surface area (Å²) in [5.41, 5.74) is 1.34. The first-order valence-corrected chi connectivity index (χ1v) is 8.73. The van der Waals surface area contributed by atoms with E-state index in [9.17, 15) is 14.0 Å². The summed E-state index contributed by atoms with van der Waals surface area (Å²) in [6.07, 6.45) is 1.62. The topological polar surface area (TPSA) is 61.8 Å². The maximum Gasteiger partial charge on any atom is 0.343 e. The second-order valence-electron chi connectivity index (χ2n) is 6.27. The highest BCUT2D eigenvalue weighted by atomic mass is 19.1. The molecule has 144 valence electrons. The zero-order chi connectivity index (χ0) is 20.4. The van der Waals surface area contributed by atoms with E-state index in [0.29, 0.717) is 17.1 Å². The van der Waals surface area contributed by atoms with E-state index in [4.69, 9.17) is 14.2 Å². The summed E-state index contributed by atoms with van der Waals surface area (Å²) in [7, 11) is 1.56. The van der Waals surface area contributed by atoms with Gasteiger partial charge >= 0.3 is 5.97 Å². The van der Waals surface area contributed by atoms with Crippen LogP contribution in [-0.2, 0) is 0 Å². The molecule has 4 rings (SSSR count). The lowest BCUT2D eigenvalue weighted by molar-refractivity contribution is 0.0734. The molecule has 0 atom stereocenters. The molecule has 0 aromatic heterocycles. The molecule has 1 heterocycles. The average molecular weight is 390 g/mol. The van der Waals surface area contributed by atoms with Crippen molar-refractivity contribution in [3.63, 3.8) is 0 Å². The smallest absolute Gasteiger partial charge is 0.343 e. The zero-order valence-electron chi connectivity index (χ0n) is 15.3. The van der Waals surface area contributed by atoms with E-state index >= 15 is 0 Å². The normalized spacial score (nSPS) is 13.7. The summed E-state index contributed by atoms with van der Waals surface area (Å²) in [4.78, 5) is 24.8. The second-order valence-corrected chi connectivity index (χ2v) is 6.27. The minimum atomic E-state index is -0.638. The molecule has 6 heteroatoms. The molecule has 0 fully saturated rings. The predicted molar refractivity (Wildman–Crippen MR) is 104 cm³/mol. The van der Waals surface area contributed by atoms with Crippen LogP contribution in [0.15, 0.2) is 72.5 Å². The van der Waals surface area contributed by atoms with Crippen molar-refractivity contribution in [1.29, 1.82) is 0 Å². The molecule has 3 aromatic rings. The van der Waals surface area contributed by atoms with Crippen LogP contribution < -0.4 is 14.2 Å². The highest BCUT2D eigenvalue weighted by Crippen LogP contribution is 2.35. The first-order chi connectivity index (χ1) is 14.0. The summed E-state index contributed by atoms with van der Waals surface area (Å²) in [6.45, 7) is 0. The number of allylic oxidation sites excluding steroid dienone is 1. The van der Waals surface area contributed by atoms with E-state index in [0.717, 1.165) is 5.56 Å². The fourth-order valence-electron chi connectivity index (χ4n) is 2.87. The molecule has 1 aliphatic heterocycles. The minimum Gasteiger partial charge on any atom is -0.497 e. The number of fused-ring (bicyclic) bond motifs is 1. The van der Waals surface area contributed by atoms with Crippen LogP contribution in [0.25, 0.3) is 6.08 Å². The van der Waals surface area contributed by atoms with Gasteiger partial charge in [-0.2, -0.15) is 0 Å². The summed E-state index contributed by atoms with van der Waals surface area (Å²) < 4.78 is 29.1. The number of ketones is 1. The maximum atomic E-state index is 13.0. The first kappa shape index (κ1) is 18.4. The molecule has 0 unspecified atom stereocenters. The maximum absolute atomic E-state index is 13.0. The van der Waals surface area contributed by atoms with Crippen molar-refractivity contribution in [1.82, 2.24) is 0 Å². The molecule has 0 saturated heterocycles. The molecule has 0 N–H and O–H groups in total. The number of carbonyl (C=O) groups excluding carboxylic acids is 2. The quantitative estimate of drug-likeness (QED) is 0.368. The van der Waals surface area contributed by atoms with Crippen molar-refractivity contribution in [2.75, 3.05) is 7.11 Å². The van der Waals surface area contributed by atoms with Gasteiger partial charge in [0.2, 0.25) is 5.78 Å². The lowest BCUT2D eigenvalue weighted by Gasteiger charge is -2.05. The fraction of sp³-hybridized carbons (Fsp3) is 0.0435. The van der Waals surface area contributed by atoms with Crippen LogP contribution in [0.2, 0.25) is 0 Å². The van der Waals surface area contributed by atoms with Crippen LogP contribution in [-0.4, -0.2) is 18.9 Å². The van der Waals surface area contributed by atoms with Gasteiger partial charge in [-0.05, 0) is 60.2 Å². The van der Waals surface area contributed by atoms with Crippen molar-refractivity contribution < 1.29 is 28.2 Å². The highest BCUT2D eigenvalue weighted by molar-refractivity contribution is 6.14. The van der Waals surface area contributed by atoms with E-state index in [1.54, 1.807) is 25.3 Å². The number of halogens is 1. The number of benzene rings is 3. The van der Waals surface area contributed by atoms with Gasteiger partial charge in [0.25, 0.3) is 0 Å². The van der Waals surface area contributed by atoms with Crippen LogP contribution in [0.3, 0.4) is 0 Å². The Labute approximate surface area is 166 Å². The monoisotopic (exact) mass is 390 g/mol. The average Bonchev–Trinajstić information content (AvgIpc) is 3.03. The Morgan fingerprint density at radius 3 is 2.55 bits per heavy atom. The Morgan fingerprint density at radius 1 is 1.00 bits per heavy atom. The lowest BCUT2D eigenvalue weighted by Crippen LogP contribution is -2.08. The first-order valence-electron chi connectivity index (χ1n) is 8.73. The van der Waals surface area contributed by atoms with Gasteiger partial charge in [0, 0.05) is 6.07 Å². The van der Waals surface area contributed by atoms with Gasteiger partial charge in [-0.25, -0.2) is 9.18 Å². The standard InChI is InChI=1S/C23H15FO5/c1-27-17-4-2-3-14(11-17)12-21-22(25)19-10-9-18(13-20(19)29-21)28-23(26)15-5-7-16(24)8-6-15/h2-13H,1H3/b21-12+. The molecule has 0 aliphatic carbocycles. The van der Waals surface area contributed by atoms with Gasteiger partial charge in [0.15, 0.2) is 5.76 Å². The number of ether oxygens (including phenoxy) is 3. The van der Waals surface area contributed by atoms with Crippen LogP contribution in [0.1, 0.15) is 26.3 Å². The number of esters is 1. The van der Waals surface area contributed by atoms with Crippen molar-refractivity contribution >= 4 is 17.8 Å². The van der Waals surface area contributed by atoms with Gasteiger partial charge in [0.05, 0.1) is 18.2 Å². The van der Waals surface area contributed by atoms with E-state index in [2.05, 4.69) is 0 Å². The Kier molecular flexibility index (Phi) is 4.83. The Balaban J connectivity index is 1.54. The third-order valence-corrected chi connectivity index (χ3v) is 4.32. The number of hydrogen-bond acceptors (Lipinski definition) is 5. The van der Waals surface area contributed by atoms with Crippen molar-refractivity contribution in [3.8, 4) is 17.2 Å². The molecule has 0 spiro atoms. The number of Topliss-reactive ketones (excluding diaryl/α,β-unsaturated/α-hetero) is 1. The van der Waals surface area contributed by atoms with Crippen molar-refractivity contribution in [2.24, 2.45) is 0 Å². The van der Waals surface area contributed by atoms with Crippen molar-refractivity contribution in [2.45, 2.75) is 0 Å². The molecule has 0 amide bonds. The third kappa shape index (κ3) is 3.87. The summed E-state index contributed by atoms with van der Waals surface area (Å²) in [6, 6.07) is 16.8. The highest BCUT2D eigenvalue weighted by Gasteiger charge is 2.28. The van der Waals surface area contributed by atoms with Crippen LogP contribution in [0.4, 0.5) is 4.39 Å². The number of carbonyl (C=O) groups is 2.